The van der Waals surface area contributed by atoms with E-state index >= 15 is 0 Å². The molecule has 1 aliphatic heterocycles. The van der Waals surface area contributed by atoms with Crippen LogP contribution in [0.25, 0.3) is 0 Å². The molecule has 1 heterocycles. The van der Waals surface area contributed by atoms with Crippen molar-refractivity contribution < 1.29 is 0 Å². The highest BCUT2D eigenvalue weighted by Crippen LogP contribution is 2.26. The second kappa shape index (κ2) is 7.61. The van der Waals surface area contributed by atoms with Gasteiger partial charge in [0.15, 0.2) is 0 Å². The zero-order valence-electron chi connectivity index (χ0n) is 13.0. The molecule has 0 aromatic carbocycles. The maximum absolute atomic E-state index is 6.44. The quantitative estimate of drug-likeness (QED) is 0.801. The molecule has 0 amide bonds. The molecule has 2 rings (SSSR count). The predicted octanol–water partition coefficient (Wildman–Crippen LogP) is 2.31. The van der Waals surface area contributed by atoms with Crippen LogP contribution in [-0.2, 0) is 0 Å². The van der Waals surface area contributed by atoms with Gasteiger partial charge in [-0.2, -0.15) is 0 Å². The molecule has 1 saturated carbocycles. The van der Waals surface area contributed by atoms with Crippen LogP contribution in [-0.4, -0.2) is 55.1 Å². The van der Waals surface area contributed by atoms with Gasteiger partial charge in [-0.1, -0.05) is 26.2 Å². The molecular formula is C16H33N3. The lowest BCUT2D eigenvalue weighted by Crippen LogP contribution is -2.45. The molecule has 3 heteroatoms. The van der Waals surface area contributed by atoms with Gasteiger partial charge in [0.25, 0.3) is 0 Å². The molecule has 1 aliphatic carbocycles. The van der Waals surface area contributed by atoms with Gasteiger partial charge in [-0.3, -0.25) is 4.90 Å². The molecular weight excluding hydrogens is 234 g/mol. The van der Waals surface area contributed by atoms with Crippen LogP contribution in [0.4, 0.5) is 0 Å². The monoisotopic (exact) mass is 267 g/mol. The van der Waals surface area contributed by atoms with Gasteiger partial charge in [-0.05, 0) is 51.7 Å². The molecule has 1 saturated heterocycles. The van der Waals surface area contributed by atoms with Crippen LogP contribution in [0.1, 0.15) is 51.9 Å². The van der Waals surface area contributed by atoms with Gasteiger partial charge in [0.2, 0.25) is 0 Å². The van der Waals surface area contributed by atoms with Gasteiger partial charge in [0, 0.05) is 25.2 Å². The van der Waals surface area contributed by atoms with Crippen molar-refractivity contribution >= 4 is 0 Å². The Balaban J connectivity index is 1.72. The van der Waals surface area contributed by atoms with E-state index in [0.29, 0.717) is 6.04 Å². The van der Waals surface area contributed by atoms with E-state index in [1.165, 1.54) is 64.6 Å². The van der Waals surface area contributed by atoms with Crippen LogP contribution in [0.5, 0.6) is 0 Å². The number of hydrogen-bond donors (Lipinski definition) is 1. The molecule has 0 radical (unpaired) electrons. The highest BCUT2D eigenvalue weighted by molar-refractivity contribution is 4.83. The minimum Gasteiger partial charge on any atom is -0.326 e. The van der Waals surface area contributed by atoms with E-state index in [4.69, 9.17) is 5.73 Å². The molecule has 0 bridgehead atoms. The second-order valence-corrected chi connectivity index (χ2v) is 6.71. The first-order valence-electron chi connectivity index (χ1n) is 8.39. The SMILES string of the molecule is CCN1CCCC1CN(C)CC(N)C1CCCCC1. The van der Waals surface area contributed by atoms with E-state index in [1.54, 1.807) is 0 Å². The third kappa shape index (κ3) is 4.44. The van der Waals surface area contributed by atoms with Gasteiger partial charge in [0.1, 0.15) is 0 Å². The average molecular weight is 267 g/mol. The van der Waals surface area contributed by atoms with E-state index in [9.17, 15) is 0 Å². The summed E-state index contributed by atoms with van der Waals surface area (Å²) in [7, 11) is 2.26. The Morgan fingerprint density at radius 3 is 2.58 bits per heavy atom. The van der Waals surface area contributed by atoms with E-state index in [1.807, 2.05) is 0 Å². The fourth-order valence-corrected chi connectivity index (χ4v) is 4.02. The van der Waals surface area contributed by atoms with Crippen LogP contribution in [0, 0.1) is 5.92 Å². The Labute approximate surface area is 119 Å². The smallest absolute Gasteiger partial charge is 0.0223 e. The molecule has 112 valence electrons. The van der Waals surface area contributed by atoms with E-state index in [2.05, 4.69) is 23.8 Å². The molecule has 2 aliphatic rings. The maximum atomic E-state index is 6.44. The number of likely N-dealkylation sites (N-methyl/N-ethyl adjacent to an activating group) is 2. The van der Waals surface area contributed by atoms with E-state index in [-0.39, 0.29) is 0 Å². The number of hydrogen-bond acceptors (Lipinski definition) is 3. The predicted molar refractivity (Wildman–Crippen MR) is 82.3 cm³/mol. The first-order chi connectivity index (χ1) is 9.20. The third-order valence-corrected chi connectivity index (χ3v) is 5.21. The number of rotatable bonds is 6. The van der Waals surface area contributed by atoms with Gasteiger partial charge in [-0.25, -0.2) is 0 Å². The Morgan fingerprint density at radius 2 is 1.89 bits per heavy atom. The van der Waals surface area contributed by atoms with Gasteiger partial charge in [0.05, 0.1) is 0 Å². The lowest BCUT2D eigenvalue weighted by Gasteiger charge is -2.33. The Kier molecular flexibility index (Phi) is 6.11. The van der Waals surface area contributed by atoms with Crippen molar-refractivity contribution in [3.63, 3.8) is 0 Å². The molecule has 2 atom stereocenters. The molecule has 2 N–H and O–H groups in total. The zero-order valence-corrected chi connectivity index (χ0v) is 13.0. The second-order valence-electron chi connectivity index (χ2n) is 6.71. The minimum absolute atomic E-state index is 0.391. The first kappa shape index (κ1) is 15.3. The summed E-state index contributed by atoms with van der Waals surface area (Å²) >= 11 is 0. The first-order valence-corrected chi connectivity index (χ1v) is 8.39. The summed E-state index contributed by atoms with van der Waals surface area (Å²) in [5.74, 6) is 0.780. The summed E-state index contributed by atoms with van der Waals surface area (Å²) in [4.78, 5) is 5.11. The molecule has 0 spiro atoms. The number of nitrogens with two attached hydrogens (primary N) is 1. The lowest BCUT2D eigenvalue weighted by molar-refractivity contribution is 0.175. The van der Waals surface area contributed by atoms with Crippen LogP contribution in [0.15, 0.2) is 0 Å². The third-order valence-electron chi connectivity index (χ3n) is 5.21. The van der Waals surface area contributed by atoms with Crippen molar-refractivity contribution in [1.29, 1.82) is 0 Å². The fraction of sp³-hybridized carbons (Fsp3) is 1.00. The highest BCUT2D eigenvalue weighted by atomic mass is 15.2. The number of likely N-dealkylation sites (tertiary alicyclic amines) is 1. The summed E-state index contributed by atoms with van der Waals surface area (Å²) < 4.78 is 0. The number of nitrogens with zero attached hydrogens (tertiary/aromatic N) is 2. The summed E-state index contributed by atoms with van der Waals surface area (Å²) in [6, 6.07) is 1.16. The normalized spacial score (nSPS) is 28.1. The summed E-state index contributed by atoms with van der Waals surface area (Å²) in [5, 5.41) is 0. The molecule has 19 heavy (non-hydrogen) atoms. The van der Waals surface area contributed by atoms with Crippen LogP contribution in [0.3, 0.4) is 0 Å². The lowest BCUT2D eigenvalue weighted by atomic mass is 9.84. The van der Waals surface area contributed by atoms with Crippen molar-refractivity contribution in [2.75, 3.05) is 33.2 Å². The van der Waals surface area contributed by atoms with Crippen LogP contribution >= 0.6 is 0 Å². The highest BCUT2D eigenvalue weighted by Gasteiger charge is 2.26. The van der Waals surface area contributed by atoms with Crippen molar-refractivity contribution in [1.82, 2.24) is 9.80 Å². The topological polar surface area (TPSA) is 32.5 Å². The zero-order chi connectivity index (χ0) is 13.7. The average Bonchev–Trinajstić information content (AvgIpc) is 2.86. The van der Waals surface area contributed by atoms with Crippen molar-refractivity contribution in [3.8, 4) is 0 Å². The molecule has 2 unspecified atom stereocenters. The molecule has 2 fully saturated rings. The van der Waals surface area contributed by atoms with Crippen molar-refractivity contribution in [3.05, 3.63) is 0 Å². The largest absolute Gasteiger partial charge is 0.326 e. The van der Waals surface area contributed by atoms with Gasteiger partial charge < -0.3 is 10.6 Å². The van der Waals surface area contributed by atoms with E-state index in [0.717, 1.165) is 18.5 Å². The Bertz CT molecular complexity index is 250. The van der Waals surface area contributed by atoms with Crippen LogP contribution < -0.4 is 5.73 Å². The summed E-state index contributed by atoms with van der Waals surface area (Å²) in [5.41, 5.74) is 6.44. The maximum Gasteiger partial charge on any atom is 0.0223 e. The molecule has 3 nitrogen and oxygen atoms in total. The van der Waals surface area contributed by atoms with Crippen LogP contribution in [0.2, 0.25) is 0 Å². The summed E-state index contributed by atoms with van der Waals surface area (Å²) in [6.45, 7) is 7.07. The van der Waals surface area contributed by atoms with Crippen molar-refractivity contribution in [2.24, 2.45) is 11.7 Å². The minimum atomic E-state index is 0.391. The fourth-order valence-electron chi connectivity index (χ4n) is 4.02. The Morgan fingerprint density at radius 1 is 1.16 bits per heavy atom. The van der Waals surface area contributed by atoms with Crippen molar-refractivity contribution in [2.45, 2.75) is 64.0 Å². The molecule has 0 aromatic heterocycles. The summed E-state index contributed by atoms with van der Waals surface area (Å²) in [6.07, 6.45) is 9.69. The Hall–Kier alpha value is -0.120. The van der Waals surface area contributed by atoms with Gasteiger partial charge >= 0.3 is 0 Å². The molecule has 0 aromatic rings. The van der Waals surface area contributed by atoms with Gasteiger partial charge in [-0.15, -0.1) is 0 Å². The standard InChI is InChI=1S/C16H33N3/c1-3-19-11-7-10-15(19)12-18(2)13-16(17)14-8-5-4-6-9-14/h14-16H,3-13,17H2,1-2H3. The van der Waals surface area contributed by atoms with E-state index < -0.39 is 0 Å².